The van der Waals surface area contributed by atoms with Crippen molar-refractivity contribution in [1.29, 1.82) is 0 Å². The van der Waals surface area contributed by atoms with E-state index in [0.717, 1.165) is 5.56 Å². The molecule has 1 aliphatic heterocycles. The van der Waals surface area contributed by atoms with Gasteiger partial charge in [0, 0.05) is 30.7 Å². The van der Waals surface area contributed by atoms with Crippen molar-refractivity contribution in [2.75, 3.05) is 20.1 Å². The summed E-state index contributed by atoms with van der Waals surface area (Å²) in [7, 11) is -1.98. The molecule has 0 unspecified atom stereocenters. The molecule has 1 saturated heterocycles. The molecule has 0 aliphatic carbocycles. The summed E-state index contributed by atoms with van der Waals surface area (Å²) >= 11 is 6.01. The normalized spacial score (nSPS) is 17.2. The summed E-state index contributed by atoms with van der Waals surface area (Å²) in [6.45, 7) is 0.684. The first kappa shape index (κ1) is 22.4. The molecule has 2 heterocycles. The molecule has 0 bridgehead atoms. The number of hydrogen-bond donors (Lipinski definition) is 0. The quantitative estimate of drug-likeness (QED) is 0.542. The number of benzene rings is 2. The molecule has 8 nitrogen and oxygen atoms in total. The molecular formula is C22H23ClN4O4S. The minimum atomic E-state index is -3.63. The van der Waals surface area contributed by atoms with Crippen molar-refractivity contribution in [3.8, 4) is 11.4 Å². The zero-order chi connectivity index (χ0) is 22.7. The molecule has 2 aromatic carbocycles. The third-order valence-corrected chi connectivity index (χ3v) is 7.53. The molecular weight excluding hydrogens is 452 g/mol. The third kappa shape index (κ3) is 4.85. The van der Waals surface area contributed by atoms with Gasteiger partial charge in [-0.25, -0.2) is 8.42 Å². The number of nitrogens with zero attached hydrogens (tertiary/aromatic N) is 4. The van der Waals surface area contributed by atoms with Crippen LogP contribution in [0.3, 0.4) is 0 Å². The maximum Gasteiger partial charge on any atom is 0.246 e. The Hall–Kier alpha value is -2.75. The van der Waals surface area contributed by atoms with Crippen molar-refractivity contribution in [2.24, 2.45) is 5.92 Å². The lowest BCUT2D eigenvalue weighted by molar-refractivity contribution is -0.136. The predicted octanol–water partition coefficient (Wildman–Crippen LogP) is 3.45. The predicted molar refractivity (Wildman–Crippen MR) is 119 cm³/mol. The summed E-state index contributed by atoms with van der Waals surface area (Å²) in [5.41, 5.74) is 0.718. The van der Waals surface area contributed by atoms with E-state index >= 15 is 0 Å². The van der Waals surface area contributed by atoms with Crippen LogP contribution in [0.25, 0.3) is 11.4 Å². The zero-order valence-electron chi connectivity index (χ0n) is 17.5. The van der Waals surface area contributed by atoms with Crippen molar-refractivity contribution < 1.29 is 17.7 Å². The summed E-state index contributed by atoms with van der Waals surface area (Å²) in [6, 6.07) is 15.4. The van der Waals surface area contributed by atoms with Gasteiger partial charge in [0.25, 0.3) is 0 Å². The van der Waals surface area contributed by atoms with Gasteiger partial charge in [0.15, 0.2) is 0 Å². The van der Waals surface area contributed by atoms with E-state index < -0.39 is 15.9 Å². The monoisotopic (exact) mass is 474 g/mol. The molecule has 1 aliphatic rings. The number of sulfonamides is 1. The number of amides is 1. The van der Waals surface area contributed by atoms with E-state index in [-0.39, 0.29) is 23.9 Å². The van der Waals surface area contributed by atoms with Crippen LogP contribution in [0.5, 0.6) is 0 Å². The molecule has 0 N–H and O–H groups in total. The SMILES string of the molecule is CN(Cc1nc(-c2cccc(Cl)c2)no1)C(=O)[C@@H]1CCCN(S(=O)(=O)c2ccccc2)C1. The summed E-state index contributed by atoms with van der Waals surface area (Å²) in [4.78, 5) is 19.1. The van der Waals surface area contributed by atoms with Crippen molar-refractivity contribution in [3.63, 3.8) is 0 Å². The van der Waals surface area contributed by atoms with Crippen LogP contribution in [0.15, 0.2) is 64.0 Å². The standard InChI is InChI=1S/C22H23ClN4O4S/c1-26(15-20-24-21(25-31-20)16-7-5-9-18(23)13-16)22(28)17-8-6-12-27(14-17)32(29,30)19-10-3-2-4-11-19/h2-5,7,9-11,13,17H,6,8,12,14-15H2,1H3/t17-/m1/s1. The highest BCUT2D eigenvalue weighted by Crippen LogP contribution is 2.25. The van der Waals surface area contributed by atoms with Gasteiger partial charge in [-0.2, -0.15) is 9.29 Å². The maximum absolute atomic E-state index is 13.0. The Morgan fingerprint density at radius 1 is 1.22 bits per heavy atom. The Bertz CT molecular complexity index is 1200. The Kier molecular flexibility index (Phi) is 6.59. The number of carbonyl (C=O) groups excluding carboxylic acids is 1. The molecule has 3 aromatic rings. The molecule has 1 amide bonds. The highest BCUT2D eigenvalue weighted by molar-refractivity contribution is 7.89. The summed E-state index contributed by atoms with van der Waals surface area (Å²) in [5, 5.41) is 4.52. The van der Waals surface area contributed by atoms with Crippen LogP contribution in [-0.2, 0) is 21.4 Å². The van der Waals surface area contributed by atoms with Gasteiger partial charge in [-0.05, 0) is 37.1 Å². The fourth-order valence-electron chi connectivity index (χ4n) is 3.76. The van der Waals surface area contributed by atoms with Gasteiger partial charge in [-0.1, -0.05) is 47.1 Å². The van der Waals surface area contributed by atoms with Crippen molar-refractivity contribution >= 4 is 27.5 Å². The van der Waals surface area contributed by atoms with Gasteiger partial charge >= 0.3 is 0 Å². The number of piperidine rings is 1. The van der Waals surface area contributed by atoms with E-state index in [4.69, 9.17) is 16.1 Å². The number of halogens is 1. The molecule has 0 spiro atoms. The Balaban J connectivity index is 1.42. The zero-order valence-corrected chi connectivity index (χ0v) is 19.1. The van der Waals surface area contributed by atoms with Crippen LogP contribution in [0.1, 0.15) is 18.7 Å². The number of aromatic nitrogens is 2. The highest BCUT2D eigenvalue weighted by atomic mass is 35.5. The van der Waals surface area contributed by atoms with Gasteiger partial charge in [0.2, 0.25) is 27.6 Å². The molecule has 4 rings (SSSR count). The smallest absolute Gasteiger partial charge is 0.246 e. The van der Waals surface area contributed by atoms with Crippen LogP contribution in [0, 0.1) is 5.92 Å². The second kappa shape index (κ2) is 9.40. The van der Waals surface area contributed by atoms with Crippen molar-refractivity contribution in [2.45, 2.75) is 24.3 Å². The van der Waals surface area contributed by atoms with Crippen LogP contribution >= 0.6 is 11.6 Å². The molecule has 1 atom stereocenters. The molecule has 1 fully saturated rings. The largest absolute Gasteiger partial charge is 0.337 e. The Morgan fingerprint density at radius 2 is 2.00 bits per heavy atom. The first-order chi connectivity index (χ1) is 15.3. The second-order valence-electron chi connectivity index (χ2n) is 7.73. The van der Waals surface area contributed by atoms with Crippen LogP contribution in [0.4, 0.5) is 0 Å². The van der Waals surface area contributed by atoms with E-state index in [1.807, 2.05) is 6.07 Å². The first-order valence-electron chi connectivity index (χ1n) is 10.2. The molecule has 0 radical (unpaired) electrons. The van der Waals surface area contributed by atoms with Crippen LogP contribution < -0.4 is 0 Å². The van der Waals surface area contributed by atoms with E-state index in [1.54, 1.807) is 55.6 Å². The highest BCUT2D eigenvalue weighted by Gasteiger charge is 2.34. The van der Waals surface area contributed by atoms with Crippen LogP contribution in [0.2, 0.25) is 5.02 Å². The number of rotatable bonds is 6. The van der Waals surface area contributed by atoms with E-state index in [0.29, 0.717) is 36.1 Å². The Labute approximate surface area is 191 Å². The van der Waals surface area contributed by atoms with E-state index in [2.05, 4.69) is 10.1 Å². The molecule has 1 aromatic heterocycles. The summed E-state index contributed by atoms with van der Waals surface area (Å²) in [5.74, 6) is 0.101. The van der Waals surface area contributed by atoms with E-state index in [9.17, 15) is 13.2 Å². The topological polar surface area (TPSA) is 96.6 Å². The minimum Gasteiger partial charge on any atom is -0.337 e. The molecule has 0 saturated carbocycles. The van der Waals surface area contributed by atoms with Gasteiger partial charge in [-0.3, -0.25) is 4.79 Å². The number of hydrogen-bond acceptors (Lipinski definition) is 6. The lowest BCUT2D eigenvalue weighted by Crippen LogP contribution is -2.45. The lowest BCUT2D eigenvalue weighted by Gasteiger charge is -2.33. The fourth-order valence-corrected chi connectivity index (χ4v) is 5.50. The van der Waals surface area contributed by atoms with E-state index in [1.165, 1.54) is 9.21 Å². The second-order valence-corrected chi connectivity index (χ2v) is 10.1. The average molecular weight is 475 g/mol. The number of carbonyl (C=O) groups is 1. The summed E-state index contributed by atoms with van der Waals surface area (Å²) < 4.78 is 32.6. The fraction of sp³-hybridized carbons (Fsp3) is 0.318. The summed E-state index contributed by atoms with van der Waals surface area (Å²) in [6.07, 6.45) is 1.25. The van der Waals surface area contributed by atoms with Crippen LogP contribution in [-0.4, -0.2) is 53.8 Å². The van der Waals surface area contributed by atoms with Gasteiger partial charge in [0.05, 0.1) is 17.4 Å². The van der Waals surface area contributed by atoms with Crippen molar-refractivity contribution in [3.05, 3.63) is 65.5 Å². The first-order valence-corrected chi connectivity index (χ1v) is 12.0. The third-order valence-electron chi connectivity index (χ3n) is 5.41. The van der Waals surface area contributed by atoms with Crippen molar-refractivity contribution in [1.82, 2.24) is 19.3 Å². The average Bonchev–Trinajstić information content (AvgIpc) is 3.28. The maximum atomic E-state index is 13.0. The Morgan fingerprint density at radius 3 is 2.75 bits per heavy atom. The van der Waals surface area contributed by atoms with Gasteiger partial charge < -0.3 is 9.42 Å². The van der Waals surface area contributed by atoms with Gasteiger partial charge in [0.1, 0.15) is 0 Å². The molecule has 168 valence electrons. The van der Waals surface area contributed by atoms with Gasteiger partial charge in [-0.15, -0.1) is 0 Å². The lowest BCUT2D eigenvalue weighted by atomic mass is 9.98. The molecule has 32 heavy (non-hydrogen) atoms. The molecule has 10 heteroatoms. The minimum absolute atomic E-state index is 0.133.